The molecule has 1 heterocycles. The number of nitrogens with one attached hydrogen (secondary N) is 3. The predicted octanol–water partition coefficient (Wildman–Crippen LogP) is 2.17. The number of hydrogen-bond acceptors (Lipinski definition) is 2. The van der Waals surface area contributed by atoms with Gasteiger partial charge in [0, 0.05) is 12.1 Å². The van der Waals surface area contributed by atoms with Crippen molar-refractivity contribution in [3.63, 3.8) is 0 Å². The number of aryl methyl sites for hydroxylation is 2. The van der Waals surface area contributed by atoms with Crippen LogP contribution in [-0.4, -0.2) is 42.2 Å². The van der Waals surface area contributed by atoms with Crippen molar-refractivity contribution < 1.29 is 4.90 Å². The van der Waals surface area contributed by atoms with Crippen LogP contribution in [0.25, 0.3) is 10.9 Å². The number of quaternary nitrogens is 1. The Bertz CT molecular complexity index is 1080. The lowest BCUT2D eigenvalue weighted by Gasteiger charge is -2.26. The molecule has 0 saturated heterocycles. The number of likely N-dealkylation sites (N-methyl/N-ethyl adjacent to an activating group) is 1. The molecule has 0 aliphatic carbocycles. The summed E-state index contributed by atoms with van der Waals surface area (Å²) in [5, 5.41) is 5.07. The summed E-state index contributed by atoms with van der Waals surface area (Å²) >= 11 is 5.70. The Morgan fingerprint density at radius 1 is 1.13 bits per heavy atom. The first kappa shape index (κ1) is 22.0. The van der Waals surface area contributed by atoms with Gasteiger partial charge in [-0.1, -0.05) is 42.5 Å². The van der Waals surface area contributed by atoms with Crippen molar-refractivity contribution in [2.75, 3.05) is 27.2 Å². The molecule has 0 radical (unpaired) electrons. The largest absolute Gasteiger partial charge is 0.358 e. The Morgan fingerprint density at radius 2 is 1.87 bits per heavy atom. The van der Waals surface area contributed by atoms with E-state index in [1.165, 1.54) is 16.0 Å². The number of fused-ring (bicyclic) bond motifs is 1. The van der Waals surface area contributed by atoms with Gasteiger partial charge in [0.25, 0.3) is 5.56 Å². The van der Waals surface area contributed by atoms with E-state index in [1.54, 1.807) is 0 Å². The summed E-state index contributed by atoms with van der Waals surface area (Å²) in [5.41, 5.74) is 5.05. The van der Waals surface area contributed by atoms with Gasteiger partial charge >= 0.3 is 0 Å². The first-order valence-electron chi connectivity index (χ1n) is 10.3. The fourth-order valence-corrected chi connectivity index (χ4v) is 3.62. The van der Waals surface area contributed by atoms with E-state index in [-0.39, 0.29) is 5.56 Å². The molecule has 0 aliphatic heterocycles. The van der Waals surface area contributed by atoms with Gasteiger partial charge in [-0.05, 0) is 54.2 Å². The zero-order valence-corrected chi connectivity index (χ0v) is 19.0. The third-order valence-electron chi connectivity index (χ3n) is 5.44. The van der Waals surface area contributed by atoms with E-state index in [0.29, 0.717) is 18.2 Å². The average Bonchev–Trinajstić information content (AvgIpc) is 2.73. The average molecular weight is 424 g/mol. The topological polar surface area (TPSA) is 52.6 Å². The van der Waals surface area contributed by atoms with Crippen molar-refractivity contribution in [3.8, 4) is 0 Å². The molecule has 2 aromatic carbocycles. The number of benzene rings is 2. The van der Waals surface area contributed by atoms with Crippen LogP contribution in [0.2, 0.25) is 0 Å². The van der Waals surface area contributed by atoms with Crippen molar-refractivity contribution in [1.82, 2.24) is 15.2 Å². The maximum Gasteiger partial charge on any atom is 0.253 e. The smallest absolute Gasteiger partial charge is 0.253 e. The lowest BCUT2D eigenvalue weighted by atomic mass is 10.0. The van der Waals surface area contributed by atoms with Crippen molar-refractivity contribution in [3.05, 3.63) is 81.1 Å². The highest BCUT2D eigenvalue weighted by molar-refractivity contribution is 7.80. The van der Waals surface area contributed by atoms with Gasteiger partial charge in [-0.2, -0.15) is 0 Å². The fourth-order valence-electron chi connectivity index (χ4n) is 3.39. The number of thiocarbonyl (C=S) groups is 1. The summed E-state index contributed by atoms with van der Waals surface area (Å²) in [7, 11) is 4.24. The van der Waals surface area contributed by atoms with Crippen LogP contribution in [0.15, 0.2) is 53.3 Å². The molecule has 158 valence electrons. The predicted molar refractivity (Wildman–Crippen MR) is 128 cm³/mol. The molecule has 0 fully saturated rings. The van der Waals surface area contributed by atoms with Gasteiger partial charge in [0.05, 0.1) is 39.2 Å². The summed E-state index contributed by atoms with van der Waals surface area (Å²) < 4.78 is 0. The van der Waals surface area contributed by atoms with Gasteiger partial charge < -0.3 is 20.1 Å². The van der Waals surface area contributed by atoms with Crippen LogP contribution < -0.4 is 15.8 Å². The Morgan fingerprint density at radius 3 is 2.57 bits per heavy atom. The highest BCUT2D eigenvalue weighted by atomic mass is 32.1. The van der Waals surface area contributed by atoms with E-state index < -0.39 is 0 Å². The van der Waals surface area contributed by atoms with E-state index in [2.05, 4.69) is 60.5 Å². The molecule has 5 nitrogen and oxygen atoms in total. The lowest BCUT2D eigenvalue weighted by Crippen LogP contribution is -3.06. The molecule has 0 unspecified atom stereocenters. The van der Waals surface area contributed by atoms with Gasteiger partial charge in [-0.3, -0.25) is 4.79 Å². The monoisotopic (exact) mass is 423 g/mol. The Hall–Kier alpha value is -2.70. The molecule has 0 atom stereocenters. The van der Waals surface area contributed by atoms with E-state index in [0.717, 1.165) is 35.1 Å². The van der Waals surface area contributed by atoms with E-state index >= 15 is 0 Å². The molecule has 3 N–H and O–H groups in total. The van der Waals surface area contributed by atoms with Gasteiger partial charge in [0.1, 0.15) is 0 Å². The number of aromatic nitrogens is 1. The van der Waals surface area contributed by atoms with Gasteiger partial charge in [0.2, 0.25) is 0 Å². The van der Waals surface area contributed by atoms with Crippen LogP contribution in [0.4, 0.5) is 0 Å². The summed E-state index contributed by atoms with van der Waals surface area (Å²) in [4.78, 5) is 19.3. The SMILES string of the molecule is Cc1ccc2cc(CN(CC[NH+](C)C)C(=S)NCc3ccccc3)c(=O)[nH]c2c1C. The number of rotatable bonds is 7. The summed E-state index contributed by atoms with van der Waals surface area (Å²) in [6.45, 7) is 6.94. The minimum atomic E-state index is -0.0516. The van der Waals surface area contributed by atoms with Crippen LogP contribution in [0.1, 0.15) is 22.3 Å². The van der Waals surface area contributed by atoms with E-state index in [1.807, 2.05) is 31.2 Å². The normalized spacial score (nSPS) is 11.1. The summed E-state index contributed by atoms with van der Waals surface area (Å²) in [6, 6.07) is 16.3. The molecule has 3 rings (SSSR count). The third-order valence-corrected chi connectivity index (χ3v) is 5.85. The lowest BCUT2D eigenvalue weighted by molar-refractivity contribution is -0.857. The molecule has 0 aliphatic rings. The minimum Gasteiger partial charge on any atom is -0.358 e. The first-order chi connectivity index (χ1) is 14.3. The number of nitrogens with zero attached hydrogens (tertiary/aromatic N) is 1. The minimum absolute atomic E-state index is 0.0516. The molecule has 0 amide bonds. The standard InChI is InChI=1S/C24H30N4OS/c1-17-10-11-20-14-21(23(29)26-22(20)18(17)2)16-28(13-12-27(3)4)24(30)25-15-19-8-6-5-7-9-19/h5-11,14H,12-13,15-16H2,1-4H3,(H,25,30)(H,26,29)/p+1. The first-order valence-corrected chi connectivity index (χ1v) is 10.7. The van der Waals surface area contributed by atoms with Gasteiger partial charge in [-0.15, -0.1) is 0 Å². The van der Waals surface area contributed by atoms with Crippen LogP contribution in [0, 0.1) is 13.8 Å². The van der Waals surface area contributed by atoms with Crippen LogP contribution in [0.5, 0.6) is 0 Å². The molecule has 3 aromatic rings. The van der Waals surface area contributed by atoms with E-state index in [4.69, 9.17) is 12.2 Å². The molecular weight excluding hydrogens is 392 g/mol. The number of pyridine rings is 1. The molecule has 30 heavy (non-hydrogen) atoms. The molecule has 0 spiro atoms. The van der Waals surface area contributed by atoms with Crippen LogP contribution in [-0.2, 0) is 13.1 Å². The second-order valence-corrected chi connectivity index (χ2v) is 8.51. The van der Waals surface area contributed by atoms with Gasteiger partial charge in [-0.25, -0.2) is 0 Å². The Labute approximate surface area is 183 Å². The van der Waals surface area contributed by atoms with Crippen molar-refractivity contribution in [1.29, 1.82) is 0 Å². The van der Waals surface area contributed by atoms with Crippen LogP contribution >= 0.6 is 12.2 Å². The molecule has 1 aromatic heterocycles. The summed E-state index contributed by atoms with van der Waals surface area (Å²) in [5.74, 6) is 0. The highest BCUT2D eigenvalue weighted by Gasteiger charge is 2.15. The second-order valence-electron chi connectivity index (χ2n) is 8.12. The fraction of sp³-hybridized carbons (Fsp3) is 0.333. The molecule has 0 bridgehead atoms. The van der Waals surface area contributed by atoms with Gasteiger partial charge in [0.15, 0.2) is 5.11 Å². The maximum atomic E-state index is 12.8. The molecule has 6 heteroatoms. The molecular formula is C24H31N4OS+. The quantitative estimate of drug-likeness (QED) is 0.510. The van der Waals surface area contributed by atoms with Crippen molar-refractivity contribution in [2.24, 2.45) is 0 Å². The summed E-state index contributed by atoms with van der Waals surface area (Å²) in [6.07, 6.45) is 0. The Kier molecular flexibility index (Phi) is 7.24. The zero-order chi connectivity index (χ0) is 21.7. The number of hydrogen-bond donors (Lipinski definition) is 3. The van der Waals surface area contributed by atoms with Crippen LogP contribution in [0.3, 0.4) is 0 Å². The Balaban J connectivity index is 1.81. The van der Waals surface area contributed by atoms with Crippen molar-refractivity contribution >= 4 is 28.2 Å². The van der Waals surface area contributed by atoms with Crippen molar-refractivity contribution in [2.45, 2.75) is 26.9 Å². The number of H-pyrrole nitrogens is 1. The van der Waals surface area contributed by atoms with E-state index in [9.17, 15) is 4.79 Å². The highest BCUT2D eigenvalue weighted by Crippen LogP contribution is 2.19. The maximum absolute atomic E-state index is 12.8. The zero-order valence-electron chi connectivity index (χ0n) is 18.2. The molecule has 0 saturated carbocycles. The number of aromatic amines is 1. The third kappa shape index (κ3) is 5.46. The second kappa shape index (κ2) is 9.87.